The van der Waals surface area contributed by atoms with Crippen LogP contribution in [0.15, 0.2) is 36.8 Å². The summed E-state index contributed by atoms with van der Waals surface area (Å²) in [5, 5.41) is 8.04. The molecule has 4 rings (SSSR count). The molecule has 1 fully saturated rings. The molecule has 3 aromatic heterocycles. The van der Waals surface area contributed by atoms with Crippen molar-refractivity contribution in [2.24, 2.45) is 7.05 Å². The van der Waals surface area contributed by atoms with E-state index in [1.807, 2.05) is 36.3 Å². The van der Waals surface area contributed by atoms with Gasteiger partial charge in [0.2, 0.25) is 0 Å². The second-order valence-corrected chi connectivity index (χ2v) is 7.47. The Morgan fingerprint density at radius 2 is 2.00 bits per heavy atom. The number of aryl methyl sites for hydroxylation is 1. The number of pyridine rings is 2. The van der Waals surface area contributed by atoms with Gasteiger partial charge >= 0.3 is 6.03 Å². The van der Waals surface area contributed by atoms with Gasteiger partial charge in [-0.05, 0) is 39.1 Å². The molecule has 8 nitrogen and oxygen atoms in total. The molecule has 1 aliphatic rings. The lowest BCUT2D eigenvalue weighted by Crippen LogP contribution is -2.46. The minimum absolute atomic E-state index is 0.104. The minimum atomic E-state index is -0.104. The fraction of sp³-hybridized carbons (Fsp3) is 0.400. The number of carbonyl (C=O) groups is 1. The molecule has 0 spiro atoms. The molecule has 0 aromatic carbocycles. The number of rotatable bonds is 3. The van der Waals surface area contributed by atoms with Crippen LogP contribution in [0.3, 0.4) is 0 Å². The first-order chi connectivity index (χ1) is 13.5. The second kappa shape index (κ2) is 7.55. The first-order valence-electron chi connectivity index (χ1n) is 9.48. The summed E-state index contributed by atoms with van der Waals surface area (Å²) in [7, 11) is 6.06. The van der Waals surface area contributed by atoms with E-state index in [4.69, 9.17) is 4.98 Å². The molecule has 0 atom stereocenters. The number of amides is 2. The number of fused-ring (bicyclic) bond motifs is 1. The van der Waals surface area contributed by atoms with Crippen molar-refractivity contribution < 1.29 is 4.79 Å². The molecule has 1 aliphatic heterocycles. The molecule has 2 amide bonds. The first kappa shape index (κ1) is 18.4. The van der Waals surface area contributed by atoms with Crippen molar-refractivity contribution in [3.63, 3.8) is 0 Å². The van der Waals surface area contributed by atoms with Crippen molar-refractivity contribution in [2.45, 2.75) is 18.9 Å². The molecule has 0 aliphatic carbocycles. The molecule has 0 radical (unpaired) electrons. The van der Waals surface area contributed by atoms with E-state index in [-0.39, 0.29) is 6.03 Å². The van der Waals surface area contributed by atoms with Crippen LogP contribution in [-0.2, 0) is 7.05 Å². The van der Waals surface area contributed by atoms with Crippen LogP contribution in [0, 0.1) is 0 Å². The summed E-state index contributed by atoms with van der Waals surface area (Å²) in [4.78, 5) is 25.8. The van der Waals surface area contributed by atoms with E-state index < -0.39 is 0 Å². The number of carbonyl (C=O) groups excluding carboxylic acids is 1. The maximum atomic E-state index is 12.6. The molecule has 4 heterocycles. The largest absolute Gasteiger partial charge is 0.324 e. The van der Waals surface area contributed by atoms with Gasteiger partial charge in [-0.25, -0.2) is 14.8 Å². The highest BCUT2D eigenvalue weighted by atomic mass is 16.2. The standard InChI is InChI=1S/C20H25N7O/c1-25(2)16-6-8-27(9-7-16)20(28)24-19-10-18-14(11-21-19)4-5-17(23-18)15-12-22-26(3)13-15/h4-5,10-13,16H,6-9H2,1-3H3,(H,21,24,28). The van der Waals surface area contributed by atoms with Gasteiger partial charge in [0, 0.05) is 55.6 Å². The van der Waals surface area contributed by atoms with Crippen LogP contribution in [0.1, 0.15) is 12.8 Å². The van der Waals surface area contributed by atoms with Crippen LogP contribution in [0.25, 0.3) is 22.2 Å². The maximum Gasteiger partial charge on any atom is 0.323 e. The molecule has 0 bridgehead atoms. The summed E-state index contributed by atoms with van der Waals surface area (Å²) in [6, 6.07) is 6.19. The lowest BCUT2D eigenvalue weighted by atomic mass is 10.0. The van der Waals surface area contributed by atoms with E-state index in [2.05, 4.69) is 34.4 Å². The number of urea groups is 1. The van der Waals surface area contributed by atoms with Crippen LogP contribution < -0.4 is 5.32 Å². The molecule has 8 heteroatoms. The van der Waals surface area contributed by atoms with Gasteiger partial charge in [0.05, 0.1) is 17.4 Å². The van der Waals surface area contributed by atoms with E-state index in [1.54, 1.807) is 17.1 Å². The van der Waals surface area contributed by atoms with Crippen molar-refractivity contribution >= 4 is 22.8 Å². The summed E-state index contributed by atoms with van der Waals surface area (Å²) in [6.45, 7) is 1.51. The van der Waals surface area contributed by atoms with Gasteiger partial charge in [0.1, 0.15) is 5.82 Å². The van der Waals surface area contributed by atoms with Crippen LogP contribution >= 0.6 is 0 Å². The van der Waals surface area contributed by atoms with Crippen LogP contribution in [0.5, 0.6) is 0 Å². The molecular weight excluding hydrogens is 354 g/mol. The highest BCUT2D eigenvalue weighted by molar-refractivity contribution is 5.91. The fourth-order valence-corrected chi connectivity index (χ4v) is 3.57. The van der Waals surface area contributed by atoms with E-state index in [1.165, 1.54) is 0 Å². The normalized spacial score (nSPS) is 15.4. The zero-order valence-electron chi connectivity index (χ0n) is 16.5. The van der Waals surface area contributed by atoms with E-state index >= 15 is 0 Å². The Balaban J connectivity index is 1.49. The summed E-state index contributed by atoms with van der Waals surface area (Å²) in [5.41, 5.74) is 2.59. The number of nitrogens with zero attached hydrogens (tertiary/aromatic N) is 6. The van der Waals surface area contributed by atoms with Crippen molar-refractivity contribution in [3.05, 3.63) is 36.8 Å². The summed E-state index contributed by atoms with van der Waals surface area (Å²) >= 11 is 0. The molecular formula is C20H25N7O. The van der Waals surface area contributed by atoms with Crippen LogP contribution in [0.2, 0.25) is 0 Å². The van der Waals surface area contributed by atoms with Crippen LogP contribution in [-0.4, -0.2) is 68.8 Å². The Hall–Kier alpha value is -3.00. The van der Waals surface area contributed by atoms with Gasteiger partial charge < -0.3 is 9.80 Å². The van der Waals surface area contributed by atoms with E-state index in [0.717, 1.165) is 48.1 Å². The van der Waals surface area contributed by atoms with E-state index in [0.29, 0.717) is 11.9 Å². The van der Waals surface area contributed by atoms with Crippen LogP contribution in [0.4, 0.5) is 10.6 Å². The number of anilines is 1. The average molecular weight is 379 g/mol. The van der Waals surface area contributed by atoms with Gasteiger partial charge in [-0.1, -0.05) is 0 Å². The summed E-state index contributed by atoms with van der Waals surface area (Å²) < 4.78 is 1.75. The number of aromatic nitrogens is 4. The van der Waals surface area contributed by atoms with Crippen molar-refractivity contribution in [1.29, 1.82) is 0 Å². The summed E-state index contributed by atoms with van der Waals surface area (Å²) in [6.07, 6.45) is 7.43. The van der Waals surface area contributed by atoms with E-state index in [9.17, 15) is 4.79 Å². The lowest BCUT2D eigenvalue weighted by Gasteiger charge is -2.35. The van der Waals surface area contributed by atoms with Gasteiger partial charge in [0.15, 0.2) is 0 Å². The Kier molecular flexibility index (Phi) is 4.95. The minimum Gasteiger partial charge on any atom is -0.324 e. The number of piperidine rings is 1. The average Bonchev–Trinajstić information content (AvgIpc) is 3.14. The number of hydrogen-bond acceptors (Lipinski definition) is 5. The molecule has 28 heavy (non-hydrogen) atoms. The van der Waals surface area contributed by atoms with Crippen molar-refractivity contribution in [1.82, 2.24) is 29.5 Å². The van der Waals surface area contributed by atoms with Crippen molar-refractivity contribution in [2.75, 3.05) is 32.5 Å². The number of nitrogens with one attached hydrogen (secondary N) is 1. The molecule has 0 unspecified atom stereocenters. The molecule has 0 saturated carbocycles. The Morgan fingerprint density at radius 1 is 1.21 bits per heavy atom. The number of likely N-dealkylation sites (tertiary alicyclic amines) is 1. The predicted molar refractivity (Wildman–Crippen MR) is 109 cm³/mol. The molecule has 146 valence electrons. The molecule has 1 N–H and O–H groups in total. The Bertz CT molecular complexity index is 989. The Labute approximate surface area is 164 Å². The van der Waals surface area contributed by atoms with Crippen molar-refractivity contribution in [3.8, 4) is 11.3 Å². The SMILES string of the molecule is CN(C)C1CCN(C(=O)Nc2cc3nc(-c4cnn(C)c4)ccc3cn2)CC1. The number of hydrogen-bond donors (Lipinski definition) is 1. The third kappa shape index (κ3) is 3.82. The highest BCUT2D eigenvalue weighted by Crippen LogP contribution is 2.22. The Morgan fingerprint density at radius 3 is 2.68 bits per heavy atom. The highest BCUT2D eigenvalue weighted by Gasteiger charge is 2.24. The quantitative estimate of drug-likeness (QED) is 0.757. The maximum absolute atomic E-state index is 12.6. The molecule has 3 aromatic rings. The van der Waals surface area contributed by atoms with Gasteiger partial charge in [-0.15, -0.1) is 0 Å². The lowest BCUT2D eigenvalue weighted by molar-refractivity contribution is 0.156. The van der Waals surface area contributed by atoms with Gasteiger partial charge in [-0.2, -0.15) is 5.10 Å². The van der Waals surface area contributed by atoms with Gasteiger partial charge in [-0.3, -0.25) is 10.00 Å². The smallest absolute Gasteiger partial charge is 0.323 e. The monoisotopic (exact) mass is 379 g/mol. The molecule has 1 saturated heterocycles. The third-order valence-electron chi connectivity index (χ3n) is 5.29. The van der Waals surface area contributed by atoms with Gasteiger partial charge in [0.25, 0.3) is 0 Å². The third-order valence-corrected chi connectivity index (χ3v) is 5.29. The predicted octanol–water partition coefficient (Wildman–Crippen LogP) is 2.59. The second-order valence-electron chi connectivity index (χ2n) is 7.47. The first-order valence-corrected chi connectivity index (χ1v) is 9.48. The fourth-order valence-electron chi connectivity index (χ4n) is 3.57. The zero-order valence-corrected chi connectivity index (χ0v) is 16.5. The summed E-state index contributed by atoms with van der Waals surface area (Å²) in [5.74, 6) is 0.517. The topological polar surface area (TPSA) is 79.2 Å². The zero-order chi connectivity index (χ0) is 19.7.